The minimum Gasteiger partial charge on any atom is -0.408 e. The van der Waals surface area contributed by atoms with E-state index in [9.17, 15) is 4.79 Å². The van der Waals surface area contributed by atoms with Crippen LogP contribution < -0.4 is 15.4 Å². The summed E-state index contributed by atoms with van der Waals surface area (Å²) in [5, 5.41) is 8.30. The maximum atomic E-state index is 11.8. The quantitative estimate of drug-likeness (QED) is 0.902. The fourth-order valence-electron chi connectivity index (χ4n) is 2.91. The van der Waals surface area contributed by atoms with E-state index >= 15 is 0 Å². The number of hydrogen-bond donors (Lipinski definition) is 1. The van der Waals surface area contributed by atoms with Crippen LogP contribution in [0.4, 0.5) is 12.0 Å². The van der Waals surface area contributed by atoms with Gasteiger partial charge >= 0.3 is 6.01 Å². The summed E-state index contributed by atoms with van der Waals surface area (Å²) < 4.78 is 5.77. The molecule has 0 radical (unpaired) electrons. The Hall–Kier alpha value is -2.38. The van der Waals surface area contributed by atoms with Crippen LogP contribution >= 0.6 is 0 Å². The fraction of sp³-hybridized carbons (Fsp3) is 0.600. The van der Waals surface area contributed by atoms with Gasteiger partial charge in [-0.15, -0.1) is 5.10 Å². The molecule has 0 aromatic carbocycles. The van der Waals surface area contributed by atoms with Crippen molar-refractivity contribution in [3.8, 4) is 0 Å². The number of H-pyrrole nitrogens is 1. The van der Waals surface area contributed by atoms with Crippen LogP contribution in [0.2, 0.25) is 0 Å². The van der Waals surface area contributed by atoms with Gasteiger partial charge < -0.3 is 14.2 Å². The first-order valence-corrected chi connectivity index (χ1v) is 7.97. The van der Waals surface area contributed by atoms with Crippen molar-refractivity contribution >= 4 is 12.0 Å². The van der Waals surface area contributed by atoms with Gasteiger partial charge in [0.15, 0.2) is 0 Å². The molecule has 1 aliphatic heterocycles. The first-order chi connectivity index (χ1) is 11.1. The summed E-state index contributed by atoms with van der Waals surface area (Å²) in [6.45, 7) is 1.58. The number of rotatable bonds is 4. The van der Waals surface area contributed by atoms with E-state index in [1.54, 1.807) is 11.0 Å². The van der Waals surface area contributed by atoms with Crippen LogP contribution in [0.15, 0.2) is 15.3 Å². The zero-order chi connectivity index (χ0) is 16.0. The molecule has 1 atom stereocenters. The van der Waals surface area contributed by atoms with Gasteiger partial charge in [-0.05, 0) is 19.3 Å². The van der Waals surface area contributed by atoms with E-state index in [4.69, 9.17) is 4.42 Å². The standard InChI is InChI=1S/C15H20N6O2/c1-20(2)14-16-11(7-12(22)17-14)10-5-6-21(8-10)15-19-18-13(23-15)9-3-4-9/h7,9-10H,3-6,8H2,1-2H3,(H,16,17,22). The molecule has 3 heterocycles. The Bertz CT molecular complexity index is 763. The zero-order valence-electron chi connectivity index (χ0n) is 13.3. The van der Waals surface area contributed by atoms with Crippen LogP contribution in [0.25, 0.3) is 0 Å². The van der Waals surface area contributed by atoms with Crippen molar-refractivity contribution in [1.29, 1.82) is 0 Å². The zero-order valence-corrected chi connectivity index (χ0v) is 13.3. The van der Waals surface area contributed by atoms with Crippen molar-refractivity contribution in [3.05, 3.63) is 28.0 Å². The smallest absolute Gasteiger partial charge is 0.318 e. The van der Waals surface area contributed by atoms with E-state index in [2.05, 4.69) is 25.1 Å². The molecular weight excluding hydrogens is 296 g/mol. The highest BCUT2D eigenvalue weighted by Crippen LogP contribution is 2.40. The third-order valence-electron chi connectivity index (χ3n) is 4.41. The molecular formula is C15H20N6O2. The Morgan fingerprint density at radius 1 is 1.26 bits per heavy atom. The lowest BCUT2D eigenvalue weighted by molar-refractivity contribution is 0.491. The predicted octanol–water partition coefficient (Wildman–Crippen LogP) is 1.09. The van der Waals surface area contributed by atoms with Gasteiger partial charge in [0.1, 0.15) is 0 Å². The molecule has 122 valence electrons. The first kappa shape index (κ1) is 14.2. The molecule has 8 heteroatoms. The van der Waals surface area contributed by atoms with Gasteiger partial charge in [-0.2, -0.15) is 0 Å². The second-order valence-electron chi connectivity index (χ2n) is 6.52. The average molecular weight is 316 g/mol. The molecule has 2 aromatic heterocycles. The van der Waals surface area contributed by atoms with Crippen LogP contribution in [-0.4, -0.2) is 47.4 Å². The van der Waals surface area contributed by atoms with Crippen LogP contribution in [-0.2, 0) is 0 Å². The summed E-state index contributed by atoms with van der Waals surface area (Å²) in [7, 11) is 3.72. The third kappa shape index (κ3) is 2.80. The Kier molecular flexibility index (Phi) is 3.32. The Morgan fingerprint density at radius 3 is 2.83 bits per heavy atom. The Balaban J connectivity index is 1.52. The molecule has 2 aromatic rings. The molecule has 0 bridgehead atoms. The number of aromatic amines is 1. The molecule has 2 fully saturated rings. The monoisotopic (exact) mass is 316 g/mol. The highest BCUT2D eigenvalue weighted by atomic mass is 16.4. The maximum absolute atomic E-state index is 11.8. The van der Waals surface area contributed by atoms with Crippen molar-refractivity contribution in [2.75, 3.05) is 37.0 Å². The number of nitrogens with one attached hydrogen (secondary N) is 1. The molecule has 2 aliphatic rings. The highest BCUT2D eigenvalue weighted by Gasteiger charge is 2.32. The van der Waals surface area contributed by atoms with Gasteiger partial charge in [-0.25, -0.2) is 4.98 Å². The molecule has 1 saturated heterocycles. The summed E-state index contributed by atoms with van der Waals surface area (Å²) in [5.41, 5.74) is 0.702. The van der Waals surface area contributed by atoms with Gasteiger partial charge in [-0.3, -0.25) is 9.78 Å². The molecule has 1 saturated carbocycles. The van der Waals surface area contributed by atoms with Crippen LogP contribution in [0, 0.1) is 0 Å². The van der Waals surface area contributed by atoms with E-state index in [1.807, 2.05) is 14.1 Å². The molecule has 0 spiro atoms. The van der Waals surface area contributed by atoms with Crippen molar-refractivity contribution < 1.29 is 4.42 Å². The van der Waals surface area contributed by atoms with Crippen molar-refractivity contribution in [3.63, 3.8) is 0 Å². The molecule has 8 nitrogen and oxygen atoms in total. The average Bonchev–Trinajstić information content (AvgIpc) is 3.07. The molecule has 1 aliphatic carbocycles. The second-order valence-corrected chi connectivity index (χ2v) is 6.52. The van der Waals surface area contributed by atoms with Gasteiger partial charge in [0.2, 0.25) is 11.8 Å². The van der Waals surface area contributed by atoms with Crippen molar-refractivity contribution in [1.82, 2.24) is 20.2 Å². The number of hydrogen-bond acceptors (Lipinski definition) is 7. The van der Waals surface area contributed by atoms with E-state index in [0.717, 1.165) is 43.9 Å². The van der Waals surface area contributed by atoms with E-state index in [-0.39, 0.29) is 11.5 Å². The van der Waals surface area contributed by atoms with Gasteiger partial charge in [0.05, 0.1) is 5.69 Å². The highest BCUT2D eigenvalue weighted by molar-refractivity contribution is 5.33. The second kappa shape index (κ2) is 5.36. The van der Waals surface area contributed by atoms with Crippen LogP contribution in [0.1, 0.15) is 42.7 Å². The molecule has 0 amide bonds. The lowest BCUT2D eigenvalue weighted by Gasteiger charge is -2.15. The summed E-state index contributed by atoms with van der Waals surface area (Å²) >= 11 is 0. The molecule has 1 unspecified atom stereocenters. The van der Waals surface area contributed by atoms with Crippen molar-refractivity contribution in [2.24, 2.45) is 0 Å². The van der Waals surface area contributed by atoms with Crippen LogP contribution in [0.5, 0.6) is 0 Å². The number of nitrogens with zero attached hydrogens (tertiary/aromatic N) is 5. The van der Waals surface area contributed by atoms with Gasteiger partial charge in [-0.1, -0.05) is 5.10 Å². The number of aromatic nitrogens is 4. The molecule has 1 N–H and O–H groups in total. The minimum atomic E-state index is -0.119. The summed E-state index contributed by atoms with van der Waals surface area (Å²) in [5.74, 6) is 2.01. The molecule has 23 heavy (non-hydrogen) atoms. The summed E-state index contributed by atoms with van der Waals surface area (Å²) in [6, 6.07) is 2.18. The van der Waals surface area contributed by atoms with Crippen LogP contribution in [0.3, 0.4) is 0 Å². The fourth-order valence-corrected chi connectivity index (χ4v) is 2.91. The maximum Gasteiger partial charge on any atom is 0.318 e. The predicted molar refractivity (Wildman–Crippen MR) is 85.0 cm³/mol. The van der Waals surface area contributed by atoms with E-state index in [1.165, 1.54) is 0 Å². The topological polar surface area (TPSA) is 91.2 Å². The largest absolute Gasteiger partial charge is 0.408 e. The summed E-state index contributed by atoms with van der Waals surface area (Å²) in [6.07, 6.45) is 3.22. The third-order valence-corrected chi connectivity index (χ3v) is 4.41. The summed E-state index contributed by atoms with van der Waals surface area (Å²) in [4.78, 5) is 23.0. The Labute approximate surface area is 133 Å². The Morgan fingerprint density at radius 2 is 2.09 bits per heavy atom. The van der Waals surface area contributed by atoms with Gasteiger partial charge in [0.25, 0.3) is 5.56 Å². The van der Waals surface area contributed by atoms with E-state index < -0.39 is 0 Å². The molecule has 4 rings (SSSR count). The first-order valence-electron chi connectivity index (χ1n) is 7.97. The lowest BCUT2D eigenvalue weighted by atomic mass is 10.1. The number of anilines is 2. The SMILES string of the molecule is CN(C)c1nc(C2CCN(c3nnc(C4CC4)o3)C2)cc(=O)[nH]1. The lowest BCUT2D eigenvalue weighted by Crippen LogP contribution is -2.22. The normalized spacial score (nSPS) is 21.0. The van der Waals surface area contributed by atoms with Crippen molar-refractivity contribution in [2.45, 2.75) is 31.1 Å². The van der Waals surface area contributed by atoms with E-state index in [0.29, 0.717) is 17.9 Å². The van der Waals surface area contributed by atoms with Gasteiger partial charge in [0, 0.05) is 45.1 Å². The minimum absolute atomic E-state index is 0.119.